The minimum atomic E-state index is 0.738. The zero-order valence-electron chi connectivity index (χ0n) is 15.8. The maximum absolute atomic E-state index is 9.01. The molecule has 0 bridgehead atoms. The van der Waals surface area contributed by atoms with Gasteiger partial charge in [0, 0.05) is 0 Å². The van der Waals surface area contributed by atoms with E-state index in [-0.39, 0.29) is 0 Å². The van der Waals surface area contributed by atoms with Gasteiger partial charge in [0.15, 0.2) is 0 Å². The summed E-state index contributed by atoms with van der Waals surface area (Å²) in [6.45, 7) is 2.35. The topological polar surface area (TPSA) is 23.8 Å². The first-order chi connectivity index (χ1) is 12.3. The molecule has 0 radical (unpaired) electrons. The molecule has 0 amide bonds. The van der Waals surface area contributed by atoms with Gasteiger partial charge in [-0.05, 0) is 98.1 Å². The molecule has 1 aromatic carbocycles. The van der Waals surface area contributed by atoms with Crippen molar-refractivity contribution in [2.24, 2.45) is 29.6 Å². The molecule has 0 spiro atoms. The Balaban J connectivity index is 1.40. The predicted octanol–water partition coefficient (Wildman–Crippen LogP) is 6.68. The van der Waals surface area contributed by atoms with Crippen LogP contribution in [0.1, 0.15) is 88.2 Å². The van der Waals surface area contributed by atoms with Gasteiger partial charge in [-0.1, -0.05) is 38.3 Å². The Bertz CT molecular complexity index is 610. The second-order valence-corrected chi connectivity index (χ2v) is 9.14. The minimum absolute atomic E-state index is 0.738. The van der Waals surface area contributed by atoms with Crippen molar-refractivity contribution in [2.45, 2.75) is 77.0 Å². The van der Waals surface area contributed by atoms with Crippen LogP contribution in [0.2, 0.25) is 0 Å². The molecule has 3 saturated carbocycles. The van der Waals surface area contributed by atoms with E-state index in [1.807, 2.05) is 12.1 Å². The number of hydrogen-bond donors (Lipinski definition) is 0. The molecule has 1 unspecified atom stereocenters. The highest BCUT2D eigenvalue weighted by atomic mass is 14.5. The summed E-state index contributed by atoms with van der Waals surface area (Å²) in [5, 5.41) is 9.01. The van der Waals surface area contributed by atoms with E-state index >= 15 is 0 Å². The Morgan fingerprint density at radius 1 is 0.880 bits per heavy atom. The van der Waals surface area contributed by atoms with Crippen molar-refractivity contribution in [3.05, 3.63) is 35.4 Å². The monoisotopic (exact) mass is 335 g/mol. The van der Waals surface area contributed by atoms with E-state index in [1.165, 1.54) is 63.4 Å². The second-order valence-electron chi connectivity index (χ2n) is 9.14. The Hall–Kier alpha value is -1.29. The summed E-state index contributed by atoms with van der Waals surface area (Å²) < 4.78 is 0. The van der Waals surface area contributed by atoms with Crippen LogP contribution in [0.4, 0.5) is 0 Å². The first-order valence-corrected chi connectivity index (χ1v) is 10.8. The molecule has 1 heteroatoms. The predicted molar refractivity (Wildman–Crippen MR) is 103 cm³/mol. The summed E-state index contributed by atoms with van der Waals surface area (Å²) in [7, 11) is 0. The maximum atomic E-state index is 9.01. The van der Waals surface area contributed by atoms with Crippen LogP contribution < -0.4 is 0 Å². The van der Waals surface area contributed by atoms with E-state index in [1.54, 1.807) is 6.42 Å². The van der Waals surface area contributed by atoms with Crippen molar-refractivity contribution in [1.29, 1.82) is 5.26 Å². The van der Waals surface area contributed by atoms with Crippen LogP contribution in [0.15, 0.2) is 24.3 Å². The molecule has 1 aromatic rings. The van der Waals surface area contributed by atoms with E-state index in [0.29, 0.717) is 0 Å². The minimum Gasteiger partial charge on any atom is -0.192 e. The largest absolute Gasteiger partial charge is 0.192 e. The van der Waals surface area contributed by atoms with Gasteiger partial charge < -0.3 is 0 Å². The molecule has 25 heavy (non-hydrogen) atoms. The van der Waals surface area contributed by atoms with Crippen molar-refractivity contribution >= 4 is 0 Å². The van der Waals surface area contributed by atoms with Crippen LogP contribution in [-0.2, 0) is 0 Å². The standard InChI is InChI=1S/C24H33N/c1-2-3-17-6-12-23-21(14-17)9-10-22-15-20(11-13-24(22)23)19-7-4-18(16-25)5-8-19/h4-5,7-8,17,20-24H,2-3,6,9-15H2,1H3/t17-,20?,21+,22-,23+,24-/m1/s1. The normalized spacial score (nSPS) is 37.6. The highest BCUT2D eigenvalue weighted by Crippen LogP contribution is 2.55. The maximum Gasteiger partial charge on any atom is 0.0991 e. The summed E-state index contributed by atoms with van der Waals surface area (Å²) in [5.74, 6) is 5.88. The molecule has 3 fully saturated rings. The van der Waals surface area contributed by atoms with E-state index < -0.39 is 0 Å². The zero-order chi connectivity index (χ0) is 17.2. The summed E-state index contributed by atoms with van der Waals surface area (Å²) in [6.07, 6.45) is 14.6. The highest BCUT2D eigenvalue weighted by molar-refractivity contribution is 5.33. The second kappa shape index (κ2) is 7.53. The van der Waals surface area contributed by atoms with Gasteiger partial charge in [-0.2, -0.15) is 5.26 Å². The van der Waals surface area contributed by atoms with Crippen LogP contribution in [0.25, 0.3) is 0 Å². The van der Waals surface area contributed by atoms with Gasteiger partial charge in [0.1, 0.15) is 0 Å². The van der Waals surface area contributed by atoms with Crippen LogP contribution in [0.5, 0.6) is 0 Å². The molecule has 6 atom stereocenters. The number of hydrogen-bond acceptors (Lipinski definition) is 1. The van der Waals surface area contributed by atoms with Gasteiger partial charge in [0.2, 0.25) is 0 Å². The summed E-state index contributed by atoms with van der Waals surface area (Å²) in [5.41, 5.74) is 2.27. The average molecular weight is 336 g/mol. The molecule has 0 aliphatic heterocycles. The molecule has 0 N–H and O–H groups in total. The molecule has 4 rings (SSSR count). The van der Waals surface area contributed by atoms with Gasteiger partial charge >= 0.3 is 0 Å². The average Bonchev–Trinajstić information content (AvgIpc) is 2.67. The number of benzene rings is 1. The molecular formula is C24H33N. The van der Waals surface area contributed by atoms with Crippen molar-refractivity contribution in [2.75, 3.05) is 0 Å². The van der Waals surface area contributed by atoms with Gasteiger partial charge in [-0.3, -0.25) is 0 Å². The Morgan fingerprint density at radius 3 is 2.24 bits per heavy atom. The van der Waals surface area contributed by atoms with Crippen molar-refractivity contribution in [3.63, 3.8) is 0 Å². The number of nitrogens with zero attached hydrogens (tertiary/aromatic N) is 1. The van der Waals surface area contributed by atoms with Crippen LogP contribution in [0.3, 0.4) is 0 Å². The smallest absolute Gasteiger partial charge is 0.0991 e. The molecule has 134 valence electrons. The van der Waals surface area contributed by atoms with Crippen molar-refractivity contribution in [1.82, 2.24) is 0 Å². The fourth-order valence-corrected chi connectivity index (χ4v) is 6.69. The Labute approximate surface area is 153 Å². The van der Waals surface area contributed by atoms with E-state index in [9.17, 15) is 0 Å². The molecule has 3 aliphatic rings. The summed E-state index contributed by atoms with van der Waals surface area (Å²) in [4.78, 5) is 0. The van der Waals surface area contributed by atoms with Gasteiger partial charge in [-0.15, -0.1) is 0 Å². The lowest BCUT2D eigenvalue weighted by Gasteiger charge is -2.51. The lowest BCUT2D eigenvalue weighted by molar-refractivity contribution is 0.00543. The molecular weight excluding hydrogens is 302 g/mol. The lowest BCUT2D eigenvalue weighted by Crippen LogP contribution is -2.41. The van der Waals surface area contributed by atoms with Crippen molar-refractivity contribution in [3.8, 4) is 6.07 Å². The molecule has 0 aromatic heterocycles. The zero-order valence-corrected chi connectivity index (χ0v) is 15.8. The van der Waals surface area contributed by atoms with Crippen LogP contribution in [0, 0.1) is 40.9 Å². The first kappa shape index (κ1) is 17.1. The third-order valence-corrected chi connectivity index (χ3v) is 7.86. The lowest BCUT2D eigenvalue weighted by atomic mass is 9.55. The van der Waals surface area contributed by atoms with Gasteiger partial charge in [-0.25, -0.2) is 0 Å². The summed E-state index contributed by atoms with van der Waals surface area (Å²) in [6, 6.07) is 10.7. The number of rotatable bonds is 3. The van der Waals surface area contributed by atoms with Crippen LogP contribution >= 0.6 is 0 Å². The molecule has 1 nitrogen and oxygen atoms in total. The SMILES string of the molecule is CCC[C@@H]1CC[C@H]2[C@@H](CC[C@@H]3CC(c4ccc(C#N)cc4)CC[C@H]32)C1. The third-order valence-electron chi connectivity index (χ3n) is 7.86. The molecule has 0 saturated heterocycles. The highest BCUT2D eigenvalue weighted by Gasteiger charge is 2.44. The van der Waals surface area contributed by atoms with E-state index in [2.05, 4.69) is 25.1 Å². The molecule has 3 aliphatic carbocycles. The van der Waals surface area contributed by atoms with Crippen LogP contribution in [-0.4, -0.2) is 0 Å². The number of nitriles is 1. The Kier molecular flexibility index (Phi) is 5.16. The van der Waals surface area contributed by atoms with Crippen molar-refractivity contribution < 1.29 is 0 Å². The third kappa shape index (κ3) is 3.51. The summed E-state index contributed by atoms with van der Waals surface area (Å²) >= 11 is 0. The van der Waals surface area contributed by atoms with E-state index in [4.69, 9.17) is 5.26 Å². The number of fused-ring (bicyclic) bond motifs is 3. The quantitative estimate of drug-likeness (QED) is 0.604. The fraction of sp³-hybridized carbons (Fsp3) is 0.708. The molecule has 0 heterocycles. The van der Waals surface area contributed by atoms with E-state index in [0.717, 1.165) is 41.1 Å². The Morgan fingerprint density at radius 2 is 1.56 bits per heavy atom. The van der Waals surface area contributed by atoms with Gasteiger partial charge in [0.05, 0.1) is 11.6 Å². The fourth-order valence-electron chi connectivity index (χ4n) is 6.69. The van der Waals surface area contributed by atoms with Gasteiger partial charge in [0.25, 0.3) is 0 Å². The first-order valence-electron chi connectivity index (χ1n) is 10.8.